The van der Waals surface area contributed by atoms with Gasteiger partial charge >= 0.3 is 0 Å². The van der Waals surface area contributed by atoms with Crippen molar-refractivity contribution in [2.45, 2.75) is 43.8 Å². The summed E-state index contributed by atoms with van der Waals surface area (Å²) in [5.74, 6) is -0.130. The Hall–Kier alpha value is -2.65. The van der Waals surface area contributed by atoms with Gasteiger partial charge in [-0.25, -0.2) is 8.42 Å². The molecule has 30 heavy (non-hydrogen) atoms. The van der Waals surface area contributed by atoms with Crippen LogP contribution in [0.4, 0.5) is 0 Å². The Morgan fingerprint density at radius 1 is 1.13 bits per heavy atom. The fourth-order valence-corrected chi connectivity index (χ4v) is 6.17. The average molecular weight is 432 g/mol. The molecule has 1 aromatic carbocycles. The van der Waals surface area contributed by atoms with Gasteiger partial charge in [0, 0.05) is 36.1 Å². The lowest BCUT2D eigenvalue weighted by Crippen LogP contribution is -2.52. The van der Waals surface area contributed by atoms with Gasteiger partial charge in [0.2, 0.25) is 10.0 Å². The minimum absolute atomic E-state index is 0.0794. The molecule has 1 unspecified atom stereocenters. The Labute approximate surface area is 175 Å². The first-order valence-corrected chi connectivity index (χ1v) is 11.8. The molecule has 3 atom stereocenters. The zero-order valence-corrected chi connectivity index (χ0v) is 17.8. The standard InChI is InChI=1S/C21H25N3O5S/c1-29-19-12-20(25)23(15-6-4-3-5-7-15)13-18(19)21(26)22-14-10-16-8-9-17(11-14)24(16)30(2,27)28/h3-7,12-14,16-17H,8-11H2,1-2H3,(H,22,26)/t14?,16-,17+. The molecule has 8 nitrogen and oxygen atoms in total. The highest BCUT2D eigenvalue weighted by molar-refractivity contribution is 7.88. The van der Waals surface area contributed by atoms with Crippen LogP contribution in [0.2, 0.25) is 0 Å². The van der Waals surface area contributed by atoms with Gasteiger partial charge in [0.05, 0.1) is 18.9 Å². The maximum absolute atomic E-state index is 13.1. The first kappa shape index (κ1) is 20.6. The summed E-state index contributed by atoms with van der Waals surface area (Å²) in [6.07, 6.45) is 5.52. The van der Waals surface area contributed by atoms with Gasteiger partial charge < -0.3 is 10.1 Å². The van der Waals surface area contributed by atoms with E-state index in [0.717, 1.165) is 12.8 Å². The summed E-state index contributed by atoms with van der Waals surface area (Å²) >= 11 is 0. The molecule has 9 heteroatoms. The largest absolute Gasteiger partial charge is 0.496 e. The number of piperidine rings is 1. The van der Waals surface area contributed by atoms with Crippen molar-refractivity contribution in [3.05, 3.63) is 58.5 Å². The van der Waals surface area contributed by atoms with E-state index in [2.05, 4.69) is 5.32 Å². The number of methoxy groups -OCH3 is 1. The van der Waals surface area contributed by atoms with Gasteiger partial charge in [-0.05, 0) is 37.8 Å². The van der Waals surface area contributed by atoms with Crippen molar-refractivity contribution >= 4 is 15.9 Å². The lowest BCUT2D eigenvalue weighted by molar-refractivity contribution is 0.0906. The number of carbonyl (C=O) groups is 1. The molecule has 2 aliphatic heterocycles. The van der Waals surface area contributed by atoms with Gasteiger partial charge in [0.25, 0.3) is 11.5 Å². The van der Waals surface area contributed by atoms with Crippen LogP contribution in [-0.2, 0) is 10.0 Å². The molecule has 1 aromatic heterocycles. The quantitative estimate of drug-likeness (QED) is 0.774. The van der Waals surface area contributed by atoms with E-state index in [1.54, 1.807) is 16.4 Å². The summed E-state index contributed by atoms with van der Waals surface area (Å²) in [6.45, 7) is 0. The summed E-state index contributed by atoms with van der Waals surface area (Å²) < 4.78 is 32.4. The summed E-state index contributed by atoms with van der Waals surface area (Å²) in [5, 5.41) is 3.03. The van der Waals surface area contributed by atoms with E-state index in [9.17, 15) is 18.0 Å². The van der Waals surface area contributed by atoms with Crippen LogP contribution in [0.15, 0.2) is 47.4 Å². The minimum Gasteiger partial charge on any atom is -0.496 e. The van der Waals surface area contributed by atoms with Crippen molar-refractivity contribution < 1.29 is 17.9 Å². The van der Waals surface area contributed by atoms with E-state index in [4.69, 9.17) is 4.74 Å². The maximum Gasteiger partial charge on any atom is 0.258 e. The topological polar surface area (TPSA) is 97.7 Å². The average Bonchev–Trinajstić information content (AvgIpc) is 3.00. The molecule has 2 aromatic rings. The van der Waals surface area contributed by atoms with Crippen molar-refractivity contribution in [2.24, 2.45) is 0 Å². The number of rotatable bonds is 5. The van der Waals surface area contributed by atoms with Crippen LogP contribution in [0.3, 0.4) is 0 Å². The van der Waals surface area contributed by atoms with Crippen LogP contribution in [0.25, 0.3) is 5.69 Å². The lowest BCUT2D eigenvalue weighted by Gasteiger charge is -2.37. The van der Waals surface area contributed by atoms with Crippen molar-refractivity contribution in [2.75, 3.05) is 13.4 Å². The van der Waals surface area contributed by atoms with Gasteiger partial charge in [-0.2, -0.15) is 4.31 Å². The molecular formula is C21H25N3O5S. The summed E-state index contributed by atoms with van der Waals surface area (Å²) in [7, 11) is -1.84. The predicted octanol–water partition coefficient (Wildman–Crippen LogP) is 1.53. The molecule has 1 N–H and O–H groups in total. The summed E-state index contributed by atoms with van der Waals surface area (Å²) in [5.41, 5.74) is 0.617. The number of sulfonamides is 1. The zero-order valence-electron chi connectivity index (χ0n) is 16.9. The fourth-order valence-electron chi connectivity index (χ4n) is 4.70. The molecule has 0 aliphatic carbocycles. The Bertz CT molecular complexity index is 1100. The number of hydrogen-bond donors (Lipinski definition) is 1. The molecule has 2 bridgehead atoms. The van der Waals surface area contributed by atoms with Crippen molar-refractivity contribution in [1.29, 1.82) is 0 Å². The van der Waals surface area contributed by atoms with Crippen molar-refractivity contribution in [3.8, 4) is 11.4 Å². The first-order chi connectivity index (χ1) is 14.3. The van der Waals surface area contributed by atoms with Crippen molar-refractivity contribution in [1.82, 2.24) is 14.2 Å². The number of carbonyl (C=O) groups excluding carboxylic acids is 1. The molecule has 2 saturated heterocycles. The second-order valence-electron chi connectivity index (χ2n) is 7.92. The highest BCUT2D eigenvalue weighted by Gasteiger charge is 2.45. The molecule has 2 aliphatic rings. The highest BCUT2D eigenvalue weighted by atomic mass is 32.2. The van der Waals surface area contributed by atoms with Gasteiger partial charge in [0.15, 0.2) is 0 Å². The van der Waals surface area contributed by atoms with E-state index in [-0.39, 0.29) is 40.9 Å². The molecule has 0 saturated carbocycles. The molecule has 3 heterocycles. The normalized spacial score (nSPS) is 23.9. The molecule has 160 valence electrons. The Morgan fingerprint density at radius 2 is 1.77 bits per heavy atom. The second-order valence-corrected chi connectivity index (χ2v) is 9.81. The predicted molar refractivity (Wildman–Crippen MR) is 113 cm³/mol. The van der Waals surface area contributed by atoms with Gasteiger partial charge in [0.1, 0.15) is 5.75 Å². The number of para-hydroxylation sites is 1. The second kappa shape index (κ2) is 7.88. The smallest absolute Gasteiger partial charge is 0.258 e. The van der Waals surface area contributed by atoms with Gasteiger partial charge in [-0.15, -0.1) is 0 Å². The molecule has 0 spiro atoms. The molecule has 0 radical (unpaired) electrons. The van der Waals surface area contributed by atoms with E-state index in [0.29, 0.717) is 18.5 Å². The van der Waals surface area contributed by atoms with Crippen LogP contribution >= 0.6 is 0 Å². The fraction of sp³-hybridized carbons (Fsp3) is 0.429. The third-order valence-corrected chi connectivity index (χ3v) is 7.26. The van der Waals surface area contributed by atoms with E-state index >= 15 is 0 Å². The monoisotopic (exact) mass is 431 g/mol. The van der Waals surface area contributed by atoms with Gasteiger partial charge in [-0.1, -0.05) is 18.2 Å². The SMILES string of the molecule is COc1cc(=O)n(-c2ccccc2)cc1C(=O)NC1C[C@H]2CC[C@@H](C1)N2S(C)(=O)=O. The molecule has 2 fully saturated rings. The van der Waals surface area contributed by atoms with Crippen LogP contribution in [-0.4, -0.2) is 54.7 Å². The number of nitrogens with one attached hydrogen (secondary N) is 1. The maximum atomic E-state index is 13.1. The number of ether oxygens (including phenoxy) is 1. The number of pyridine rings is 1. The number of amides is 1. The summed E-state index contributed by atoms with van der Waals surface area (Å²) in [6, 6.07) is 10.1. The summed E-state index contributed by atoms with van der Waals surface area (Å²) in [4.78, 5) is 25.5. The molecular weight excluding hydrogens is 406 g/mol. The van der Waals surface area contributed by atoms with Crippen LogP contribution in [0.5, 0.6) is 5.75 Å². The Kier molecular flexibility index (Phi) is 5.42. The van der Waals surface area contributed by atoms with E-state index in [1.165, 1.54) is 30.2 Å². The van der Waals surface area contributed by atoms with E-state index < -0.39 is 10.0 Å². The number of benzene rings is 1. The number of fused-ring (bicyclic) bond motifs is 2. The van der Waals surface area contributed by atoms with Gasteiger partial charge in [-0.3, -0.25) is 14.2 Å². The minimum atomic E-state index is -3.25. The Balaban J connectivity index is 1.58. The Morgan fingerprint density at radius 3 is 2.33 bits per heavy atom. The highest BCUT2D eigenvalue weighted by Crippen LogP contribution is 2.37. The molecule has 1 amide bonds. The van der Waals surface area contributed by atoms with E-state index in [1.807, 2.05) is 18.2 Å². The van der Waals surface area contributed by atoms with Crippen molar-refractivity contribution in [3.63, 3.8) is 0 Å². The zero-order chi connectivity index (χ0) is 21.5. The third-order valence-electron chi connectivity index (χ3n) is 5.90. The van der Waals surface area contributed by atoms with Crippen LogP contribution in [0.1, 0.15) is 36.0 Å². The lowest BCUT2D eigenvalue weighted by atomic mass is 9.99. The number of nitrogens with zero attached hydrogens (tertiary/aromatic N) is 2. The molecule has 4 rings (SSSR count). The first-order valence-electron chi connectivity index (χ1n) is 9.93. The van der Waals surface area contributed by atoms with Crippen LogP contribution < -0.4 is 15.6 Å². The number of hydrogen-bond acceptors (Lipinski definition) is 5. The van der Waals surface area contributed by atoms with Crippen LogP contribution in [0, 0.1) is 0 Å². The number of aromatic nitrogens is 1. The third kappa shape index (κ3) is 3.87.